The van der Waals surface area contributed by atoms with E-state index in [0.717, 1.165) is 5.56 Å². The number of carbonyl (C=O) groups is 1. The predicted octanol–water partition coefficient (Wildman–Crippen LogP) is 3.00. The maximum Gasteiger partial charge on any atom is 0.280 e. The fraction of sp³-hybridized carbons (Fsp3) is 0.0690. The number of rotatable bonds is 4. The van der Waals surface area contributed by atoms with Crippen molar-refractivity contribution in [1.82, 2.24) is 33.9 Å². The number of para-hydroxylation sites is 1. The van der Waals surface area contributed by atoms with E-state index in [1.165, 1.54) is 4.52 Å². The zero-order chi connectivity index (χ0) is 26.9. The molecule has 0 bridgehead atoms. The lowest BCUT2D eigenvalue weighted by atomic mass is 10.1. The second-order valence-electron chi connectivity index (χ2n) is 8.84. The Balaban J connectivity index is 1.45. The van der Waals surface area contributed by atoms with Crippen molar-refractivity contribution in [3.8, 4) is 17.5 Å². The van der Waals surface area contributed by atoms with E-state index in [1.54, 1.807) is 59.0 Å². The summed E-state index contributed by atoms with van der Waals surface area (Å²) in [6.07, 6.45) is 10.2. The Morgan fingerprint density at radius 1 is 1.00 bits per heavy atom. The fourth-order valence-electron chi connectivity index (χ4n) is 4.49. The number of fused-ring (bicyclic) bond motifs is 2. The highest BCUT2D eigenvalue weighted by molar-refractivity contribution is 6.04. The molecule has 10 heteroatoms. The second-order valence-corrected chi connectivity index (χ2v) is 8.84. The van der Waals surface area contributed by atoms with Crippen molar-refractivity contribution < 1.29 is 4.79 Å². The number of anilines is 1. The number of aromatic nitrogens is 6. The highest BCUT2D eigenvalue weighted by atomic mass is 16.2. The third-order valence-electron chi connectivity index (χ3n) is 6.33. The Kier molecular flexibility index (Phi) is 5.86. The maximum atomic E-state index is 14.0. The molecule has 6 rings (SSSR count). The average Bonchev–Trinajstić information content (AvgIpc) is 3.52. The molecule has 3 N–H and O–H groups in total. The molecule has 5 heterocycles. The van der Waals surface area contributed by atoms with Crippen molar-refractivity contribution in [2.24, 2.45) is 0 Å². The van der Waals surface area contributed by atoms with Crippen LogP contribution in [0, 0.1) is 11.8 Å². The molecule has 1 atom stereocenters. The molecule has 10 nitrogen and oxygen atoms in total. The molecule has 0 radical (unpaired) electrons. The van der Waals surface area contributed by atoms with Gasteiger partial charge < -0.3 is 15.5 Å². The second kappa shape index (κ2) is 9.64. The molecule has 0 saturated carbocycles. The summed E-state index contributed by atoms with van der Waals surface area (Å²) >= 11 is 0. The number of nitrogen functional groups attached to an aromatic ring is 1. The minimum absolute atomic E-state index is 0.0668. The Labute approximate surface area is 222 Å². The van der Waals surface area contributed by atoms with Gasteiger partial charge in [-0.1, -0.05) is 30.0 Å². The normalized spacial score (nSPS) is 11.7. The Hall–Kier alpha value is -5.69. The number of nitrogens with one attached hydrogen (secondary N) is 1. The van der Waals surface area contributed by atoms with Crippen molar-refractivity contribution in [1.29, 1.82) is 0 Å². The van der Waals surface area contributed by atoms with E-state index in [2.05, 4.69) is 32.2 Å². The summed E-state index contributed by atoms with van der Waals surface area (Å²) in [7, 11) is 0. The van der Waals surface area contributed by atoms with Gasteiger partial charge in [-0.15, -0.1) is 5.10 Å². The van der Waals surface area contributed by atoms with Crippen molar-refractivity contribution in [2.45, 2.75) is 13.0 Å². The van der Waals surface area contributed by atoms with Crippen LogP contribution in [0.5, 0.6) is 0 Å². The van der Waals surface area contributed by atoms with E-state index >= 15 is 0 Å². The molecule has 0 aliphatic carbocycles. The van der Waals surface area contributed by atoms with Crippen molar-refractivity contribution in [3.05, 3.63) is 125 Å². The van der Waals surface area contributed by atoms with Gasteiger partial charge in [-0.25, -0.2) is 9.50 Å². The Bertz CT molecular complexity index is 1960. The smallest absolute Gasteiger partial charge is 0.280 e. The molecule has 39 heavy (non-hydrogen) atoms. The molecule has 1 unspecified atom stereocenters. The van der Waals surface area contributed by atoms with Gasteiger partial charge >= 0.3 is 0 Å². The van der Waals surface area contributed by atoms with Crippen LogP contribution in [0.4, 0.5) is 5.82 Å². The first-order valence-corrected chi connectivity index (χ1v) is 12.1. The van der Waals surface area contributed by atoms with Gasteiger partial charge in [-0.2, -0.15) is 0 Å². The van der Waals surface area contributed by atoms with E-state index < -0.39 is 11.9 Å². The zero-order valence-electron chi connectivity index (χ0n) is 20.8. The lowest BCUT2D eigenvalue weighted by molar-refractivity contribution is 0.0941. The Morgan fingerprint density at radius 3 is 2.59 bits per heavy atom. The highest BCUT2D eigenvalue weighted by Gasteiger charge is 2.24. The summed E-state index contributed by atoms with van der Waals surface area (Å²) in [6.45, 7) is 1.81. The van der Waals surface area contributed by atoms with Crippen LogP contribution in [-0.2, 0) is 0 Å². The highest BCUT2D eigenvalue weighted by Crippen LogP contribution is 2.21. The van der Waals surface area contributed by atoms with Crippen LogP contribution in [0.1, 0.15) is 40.1 Å². The molecule has 1 aromatic carbocycles. The number of amides is 1. The van der Waals surface area contributed by atoms with Gasteiger partial charge in [-0.05, 0) is 43.3 Å². The number of hydrogen-bond acceptors (Lipinski definition) is 6. The Morgan fingerprint density at radius 2 is 1.79 bits per heavy atom. The third-order valence-corrected chi connectivity index (χ3v) is 6.33. The predicted molar refractivity (Wildman–Crippen MR) is 146 cm³/mol. The fourth-order valence-corrected chi connectivity index (χ4v) is 4.49. The average molecular weight is 515 g/mol. The van der Waals surface area contributed by atoms with Crippen LogP contribution in [0.15, 0.2) is 96.6 Å². The molecule has 0 saturated heterocycles. The van der Waals surface area contributed by atoms with E-state index in [1.807, 2.05) is 48.7 Å². The first-order chi connectivity index (χ1) is 19.0. The maximum absolute atomic E-state index is 14.0. The first-order valence-electron chi connectivity index (χ1n) is 12.1. The van der Waals surface area contributed by atoms with Crippen LogP contribution >= 0.6 is 0 Å². The number of nitrogens with zero attached hydrogens (tertiary/aromatic N) is 6. The summed E-state index contributed by atoms with van der Waals surface area (Å²) in [5.41, 5.74) is 9.35. The number of pyridine rings is 1. The number of nitrogens with two attached hydrogens (primary N) is 1. The molecule has 0 spiro atoms. The van der Waals surface area contributed by atoms with Crippen LogP contribution < -0.4 is 16.6 Å². The minimum Gasteiger partial charge on any atom is -0.381 e. The van der Waals surface area contributed by atoms with Gasteiger partial charge in [0.25, 0.3) is 11.5 Å². The lowest BCUT2D eigenvalue weighted by Gasteiger charge is -2.20. The summed E-state index contributed by atoms with van der Waals surface area (Å²) in [5.74, 6) is 5.82. The molecule has 0 aliphatic rings. The number of carbonyl (C=O) groups excluding carboxylic acids is 1. The molecule has 190 valence electrons. The number of hydrogen-bond donors (Lipinski definition) is 2. The summed E-state index contributed by atoms with van der Waals surface area (Å²) < 4.78 is 4.78. The van der Waals surface area contributed by atoms with Crippen LogP contribution in [0.25, 0.3) is 16.9 Å². The standard InChI is InChI=1S/C29H22N8O2/c1-19(33-28(38)24-26(30)34-36-16-5-13-32-27(24)36)23-18-35-17-12-21(9-8-20-10-14-31-15-11-20)25(35)29(39)37(23)22-6-3-2-4-7-22/h2-7,10-19H,1H3,(H2,30,34)(H,33,38). The molecule has 1 amide bonds. The molecular weight excluding hydrogens is 492 g/mol. The van der Waals surface area contributed by atoms with Crippen LogP contribution in [-0.4, -0.2) is 34.5 Å². The summed E-state index contributed by atoms with van der Waals surface area (Å²) in [5, 5.41) is 7.14. The largest absolute Gasteiger partial charge is 0.381 e. The first kappa shape index (κ1) is 23.7. The summed E-state index contributed by atoms with van der Waals surface area (Å²) in [6, 6.07) is 15.8. The van der Waals surface area contributed by atoms with Gasteiger partial charge in [0.2, 0.25) is 0 Å². The van der Waals surface area contributed by atoms with E-state index in [0.29, 0.717) is 28.1 Å². The van der Waals surface area contributed by atoms with E-state index in [4.69, 9.17) is 5.73 Å². The topological polar surface area (TPSA) is 125 Å². The van der Waals surface area contributed by atoms with Gasteiger partial charge in [-0.3, -0.25) is 19.1 Å². The molecule has 0 fully saturated rings. The number of benzene rings is 1. The minimum atomic E-state index is -0.582. The van der Waals surface area contributed by atoms with Gasteiger partial charge in [0.1, 0.15) is 11.1 Å². The monoisotopic (exact) mass is 514 g/mol. The van der Waals surface area contributed by atoms with Gasteiger partial charge in [0.05, 0.1) is 17.3 Å². The summed E-state index contributed by atoms with van der Waals surface area (Å²) in [4.78, 5) is 35.6. The molecule has 6 aromatic rings. The third kappa shape index (κ3) is 4.28. The van der Waals surface area contributed by atoms with Crippen molar-refractivity contribution in [3.63, 3.8) is 0 Å². The van der Waals surface area contributed by atoms with E-state index in [-0.39, 0.29) is 16.9 Å². The lowest BCUT2D eigenvalue weighted by Crippen LogP contribution is -2.33. The van der Waals surface area contributed by atoms with Crippen molar-refractivity contribution >= 4 is 22.9 Å². The van der Waals surface area contributed by atoms with Gasteiger partial charge in [0.15, 0.2) is 11.5 Å². The van der Waals surface area contributed by atoms with Crippen molar-refractivity contribution in [2.75, 3.05) is 5.73 Å². The SMILES string of the molecule is CC(NC(=O)c1c(N)nn2cccnc12)c1cn2ccc(C#Cc3ccncc3)c2c(=O)n1-c1ccccc1. The molecule has 0 aliphatic heterocycles. The quantitative estimate of drug-likeness (QED) is 0.349. The van der Waals surface area contributed by atoms with E-state index in [9.17, 15) is 9.59 Å². The van der Waals surface area contributed by atoms with Crippen LogP contribution in [0.3, 0.4) is 0 Å². The van der Waals surface area contributed by atoms with Gasteiger partial charge in [0, 0.05) is 48.4 Å². The zero-order valence-corrected chi connectivity index (χ0v) is 20.8. The van der Waals surface area contributed by atoms with Crippen LogP contribution in [0.2, 0.25) is 0 Å². The molecule has 5 aromatic heterocycles. The molecular formula is C29H22N8O2.